The van der Waals surface area contributed by atoms with Crippen LogP contribution in [0.3, 0.4) is 0 Å². The predicted octanol–water partition coefficient (Wildman–Crippen LogP) is -2.28. The van der Waals surface area contributed by atoms with E-state index < -0.39 is 72.0 Å². The highest BCUT2D eigenvalue weighted by molar-refractivity contribution is 4.97. The highest BCUT2D eigenvalue weighted by Gasteiger charge is 2.60. The van der Waals surface area contributed by atoms with Crippen molar-refractivity contribution in [1.82, 2.24) is 0 Å². The topological polar surface area (TPSA) is 167 Å². The van der Waals surface area contributed by atoms with Gasteiger partial charge in [-0.15, -0.1) is 0 Å². The molecule has 10 nitrogen and oxygen atoms in total. The van der Waals surface area contributed by atoms with Gasteiger partial charge in [-0.25, -0.2) is 0 Å². The molecule has 0 heterocycles. The van der Waals surface area contributed by atoms with Crippen molar-refractivity contribution in [3.05, 3.63) is 20.2 Å². The number of aliphatic hydroxyl groups excluding tert-OH is 4. The van der Waals surface area contributed by atoms with Gasteiger partial charge >= 0.3 is 0 Å². The Morgan fingerprint density at radius 2 is 0.850 bits per heavy atom. The zero-order chi connectivity index (χ0) is 15.4. The van der Waals surface area contributed by atoms with E-state index >= 15 is 0 Å². The van der Waals surface area contributed by atoms with Crippen LogP contribution in [0, 0.1) is 43.9 Å². The molecule has 0 aromatic carbocycles. The van der Waals surface area contributed by atoms with E-state index in [-0.39, 0.29) is 0 Å². The van der Waals surface area contributed by atoms with Gasteiger partial charge in [0.15, 0.2) is 0 Å². The molecule has 0 amide bonds. The molecule has 1 aliphatic carbocycles. The summed E-state index contributed by atoms with van der Waals surface area (Å²) in [6, 6.07) is -2.90. The molecule has 4 N–H and O–H groups in total. The molecule has 0 bridgehead atoms. The average Bonchev–Trinajstić information content (AvgIpc) is 2.42. The van der Waals surface area contributed by atoms with Crippen molar-refractivity contribution in [2.75, 3.05) is 26.4 Å². The SMILES string of the molecule is O=[N+]([O-])C1C(CO)C(CO)C([N+](=O)[O-])C(CO)C1CO. The molecule has 1 rings (SSSR count). The van der Waals surface area contributed by atoms with Crippen molar-refractivity contribution in [2.45, 2.75) is 12.1 Å². The Hall–Kier alpha value is -1.36. The first kappa shape index (κ1) is 16.7. The van der Waals surface area contributed by atoms with Gasteiger partial charge in [0.2, 0.25) is 12.1 Å². The lowest BCUT2D eigenvalue weighted by Crippen LogP contribution is -2.61. The second kappa shape index (κ2) is 6.88. The first-order chi connectivity index (χ1) is 9.44. The minimum Gasteiger partial charge on any atom is -0.396 e. The summed E-state index contributed by atoms with van der Waals surface area (Å²) in [4.78, 5) is 20.8. The van der Waals surface area contributed by atoms with Gasteiger partial charge < -0.3 is 20.4 Å². The molecule has 0 spiro atoms. The summed E-state index contributed by atoms with van der Waals surface area (Å²) < 4.78 is 0. The van der Waals surface area contributed by atoms with Gasteiger partial charge in [0.1, 0.15) is 0 Å². The summed E-state index contributed by atoms with van der Waals surface area (Å²) in [6.45, 7) is -2.85. The van der Waals surface area contributed by atoms with Crippen LogP contribution in [-0.2, 0) is 0 Å². The van der Waals surface area contributed by atoms with Crippen molar-refractivity contribution in [1.29, 1.82) is 0 Å². The normalized spacial score (nSPS) is 37.6. The van der Waals surface area contributed by atoms with Gasteiger partial charge in [-0.2, -0.15) is 0 Å². The summed E-state index contributed by atoms with van der Waals surface area (Å²) in [5, 5.41) is 59.5. The van der Waals surface area contributed by atoms with Crippen LogP contribution in [0.4, 0.5) is 0 Å². The number of aliphatic hydroxyl groups is 4. The first-order valence-electron chi connectivity index (χ1n) is 6.14. The molecule has 1 fully saturated rings. The molecule has 4 atom stereocenters. The van der Waals surface area contributed by atoms with Crippen LogP contribution in [0.2, 0.25) is 0 Å². The lowest BCUT2D eigenvalue weighted by Gasteiger charge is -2.41. The third-order valence-corrected chi connectivity index (χ3v) is 4.18. The van der Waals surface area contributed by atoms with E-state index in [1.165, 1.54) is 0 Å². The molecule has 116 valence electrons. The third kappa shape index (κ3) is 2.73. The fourth-order valence-electron chi connectivity index (χ4n) is 3.25. The van der Waals surface area contributed by atoms with Gasteiger partial charge in [-0.05, 0) is 0 Å². The maximum Gasteiger partial charge on any atom is 0.224 e. The molecule has 0 aromatic rings. The van der Waals surface area contributed by atoms with Crippen molar-refractivity contribution >= 4 is 0 Å². The van der Waals surface area contributed by atoms with Crippen LogP contribution in [0.1, 0.15) is 0 Å². The van der Waals surface area contributed by atoms with Gasteiger partial charge in [-0.1, -0.05) is 0 Å². The Kier molecular flexibility index (Phi) is 5.74. The molecule has 0 aromatic heterocycles. The quantitative estimate of drug-likeness (QED) is 0.314. The molecule has 0 saturated heterocycles. The molecule has 0 radical (unpaired) electrons. The van der Waals surface area contributed by atoms with Crippen molar-refractivity contribution in [2.24, 2.45) is 23.7 Å². The average molecular weight is 294 g/mol. The molecule has 0 aliphatic heterocycles. The zero-order valence-corrected chi connectivity index (χ0v) is 10.6. The van der Waals surface area contributed by atoms with Crippen molar-refractivity contribution < 1.29 is 30.3 Å². The summed E-state index contributed by atoms with van der Waals surface area (Å²) in [5.41, 5.74) is 0. The van der Waals surface area contributed by atoms with Gasteiger partial charge in [0, 0.05) is 9.85 Å². The Bertz CT molecular complexity index is 311. The highest BCUT2D eigenvalue weighted by atomic mass is 16.6. The Morgan fingerprint density at radius 3 is 0.950 bits per heavy atom. The fraction of sp³-hybridized carbons (Fsp3) is 1.00. The number of hydrogen-bond acceptors (Lipinski definition) is 8. The van der Waals surface area contributed by atoms with Gasteiger partial charge in [0.05, 0.1) is 50.1 Å². The van der Waals surface area contributed by atoms with Crippen LogP contribution in [0.25, 0.3) is 0 Å². The molecular formula is C10H18N2O8. The standard InChI is InChI=1S/C10H18N2O8/c13-1-5-6(2-14)10(12(19)20)8(4-16)7(3-15)9(5)11(17)18/h5-10,13-16H,1-4H2. The molecule has 1 aliphatic rings. The summed E-state index contributed by atoms with van der Waals surface area (Å²) >= 11 is 0. The maximum absolute atomic E-state index is 11.1. The van der Waals surface area contributed by atoms with Gasteiger partial charge in [0.25, 0.3) is 0 Å². The molecular weight excluding hydrogens is 276 g/mol. The molecule has 10 heteroatoms. The van der Waals surface area contributed by atoms with E-state index in [9.17, 15) is 40.7 Å². The van der Waals surface area contributed by atoms with Crippen molar-refractivity contribution in [3.8, 4) is 0 Å². The zero-order valence-electron chi connectivity index (χ0n) is 10.6. The second-order valence-electron chi connectivity index (χ2n) is 4.94. The Labute approximate surface area is 114 Å². The van der Waals surface area contributed by atoms with E-state index in [1.54, 1.807) is 0 Å². The lowest BCUT2D eigenvalue weighted by molar-refractivity contribution is -0.592. The van der Waals surface area contributed by atoms with E-state index in [0.29, 0.717) is 0 Å². The van der Waals surface area contributed by atoms with E-state index in [2.05, 4.69) is 0 Å². The summed E-state index contributed by atoms with van der Waals surface area (Å²) in [7, 11) is 0. The summed E-state index contributed by atoms with van der Waals surface area (Å²) in [6.07, 6.45) is 0. The van der Waals surface area contributed by atoms with Crippen LogP contribution in [0.15, 0.2) is 0 Å². The first-order valence-corrected chi connectivity index (χ1v) is 6.14. The lowest BCUT2D eigenvalue weighted by atomic mass is 9.63. The smallest absolute Gasteiger partial charge is 0.224 e. The monoisotopic (exact) mass is 294 g/mol. The summed E-state index contributed by atoms with van der Waals surface area (Å²) in [5.74, 6) is -4.59. The minimum atomic E-state index is -1.45. The number of rotatable bonds is 6. The third-order valence-electron chi connectivity index (χ3n) is 4.18. The van der Waals surface area contributed by atoms with Gasteiger partial charge in [-0.3, -0.25) is 20.2 Å². The van der Waals surface area contributed by atoms with Crippen molar-refractivity contribution in [3.63, 3.8) is 0 Å². The second-order valence-corrected chi connectivity index (χ2v) is 4.94. The number of hydrogen-bond donors (Lipinski definition) is 4. The molecule has 1 saturated carbocycles. The van der Waals surface area contributed by atoms with E-state index in [0.717, 1.165) is 0 Å². The highest BCUT2D eigenvalue weighted by Crippen LogP contribution is 2.40. The fourth-order valence-corrected chi connectivity index (χ4v) is 3.25. The molecule has 20 heavy (non-hydrogen) atoms. The number of nitrogens with zero attached hydrogens (tertiary/aromatic N) is 2. The number of nitro groups is 2. The van der Waals surface area contributed by atoms with Crippen LogP contribution in [0.5, 0.6) is 0 Å². The minimum absolute atomic E-state index is 0.712. The van der Waals surface area contributed by atoms with Crippen LogP contribution < -0.4 is 0 Å². The van der Waals surface area contributed by atoms with Crippen LogP contribution in [-0.4, -0.2) is 68.8 Å². The molecule has 4 unspecified atom stereocenters. The maximum atomic E-state index is 11.1. The van der Waals surface area contributed by atoms with E-state index in [4.69, 9.17) is 0 Å². The largest absolute Gasteiger partial charge is 0.396 e. The Morgan fingerprint density at radius 1 is 0.650 bits per heavy atom. The van der Waals surface area contributed by atoms with Crippen LogP contribution >= 0.6 is 0 Å². The predicted molar refractivity (Wildman–Crippen MR) is 63.9 cm³/mol. The Balaban J connectivity index is 3.30. The van der Waals surface area contributed by atoms with E-state index in [1.807, 2.05) is 0 Å².